The summed E-state index contributed by atoms with van der Waals surface area (Å²) >= 11 is 0. The van der Waals surface area contributed by atoms with Crippen molar-refractivity contribution in [2.45, 2.75) is 6.54 Å². The number of hydrogen-bond donors (Lipinski definition) is 1. The summed E-state index contributed by atoms with van der Waals surface area (Å²) in [4.78, 5) is 21.8. The number of aryl methyl sites for hydroxylation is 1. The van der Waals surface area contributed by atoms with Crippen LogP contribution in [0.1, 0.15) is 16.2 Å². The van der Waals surface area contributed by atoms with Crippen molar-refractivity contribution in [2.75, 3.05) is 12.8 Å². The lowest BCUT2D eigenvalue weighted by Crippen LogP contribution is -2.28. The van der Waals surface area contributed by atoms with Crippen LogP contribution in [0.25, 0.3) is 0 Å². The van der Waals surface area contributed by atoms with E-state index >= 15 is 0 Å². The first-order chi connectivity index (χ1) is 8.59. The molecule has 2 heterocycles. The standard InChI is InChI=1S/C12H15N5O/c1-16-7-6-14-10(16)8-17(2)12(18)9-4-3-5-15-11(9)13/h3-7H,8H2,1-2H3,(H2,13,15). The fourth-order valence-electron chi connectivity index (χ4n) is 1.64. The fraction of sp³-hybridized carbons (Fsp3) is 0.250. The van der Waals surface area contributed by atoms with E-state index < -0.39 is 0 Å². The summed E-state index contributed by atoms with van der Waals surface area (Å²) in [6, 6.07) is 3.36. The van der Waals surface area contributed by atoms with Crippen LogP contribution in [-0.4, -0.2) is 32.4 Å². The Bertz CT molecular complexity index is 563. The van der Waals surface area contributed by atoms with Gasteiger partial charge in [-0.1, -0.05) is 0 Å². The molecule has 2 aromatic heterocycles. The first-order valence-corrected chi connectivity index (χ1v) is 5.51. The van der Waals surface area contributed by atoms with Gasteiger partial charge in [0, 0.05) is 32.7 Å². The number of aromatic nitrogens is 3. The summed E-state index contributed by atoms with van der Waals surface area (Å²) in [6.45, 7) is 0.427. The molecular formula is C12H15N5O. The van der Waals surface area contributed by atoms with Gasteiger partial charge in [-0.3, -0.25) is 4.79 Å². The van der Waals surface area contributed by atoms with Crippen LogP contribution in [0.3, 0.4) is 0 Å². The summed E-state index contributed by atoms with van der Waals surface area (Å²) < 4.78 is 1.87. The Balaban J connectivity index is 2.15. The van der Waals surface area contributed by atoms with Crippen molar-refractivity contribution in [3.8, 4) is 0 Å². The molecule has 1 amide bonds. The minimum absolute atomic E-state index is 0.163. The van der Waals surface area contributed by atoms with Gasteiger partial charge in [-0.05, 0) is 12.1 Å². The average Bonchev–Trinajstić information content (AvgIpc) is 2.75. The Morgan fingerprint density at radius 3 is 2.83 bits per heavy atom. The number of rotatable bonds is 3. The van der Waals surface area contributed by atoms with E-state index in [-0.39, 0.29) is 11.7 Å². The molecule has 0 radical (unpaired) electrons. The zero-order valence-corrected chi connectivity index (χ0v) is 10.4. The van der Waals surface area contributed by atoms with Crippen molar-refractivity contribution >= 4 is 11.7 Å². The predicted octanol–water partition coefficient (Wildman–Crippen LogP) is 0.670. The van der Waals surface area contributed by atoms with Crippen molar-refractivity contribution in [3.05, 3.63) is 42.1 Å². The lowest BCUT2D eigenvalue weighted by atomic mass is 10.2. The number of nitrogen functional groups attached to an aromatic ring is 1. The van der Waals surface area contributed by atoms with E-state index in [1.807, 2.05) is 17.8 Å². The Hall–Kier alpha value is -2.37. The molecule has 0 aliphatic rings. The lowest BCUT2D eigenvalue weighted by Gasteiger charge is -2.17. The van der Waals surface area contributed by atoms with Crippen molar-refractivity contribution in [1.29, 1.82) is 0 Å². The van der Waals surface area contributed by atoms with Crippen LogP contribution >= 0.6 is 0 Å². The normalized spacial score (nSPS) is 10.3. The molecule has 18 heavy (non-hydrogen) atoms. The zero-order chi connectivity index (χ0) is 13.1. The first-order valence-electron chi connectivity index (χ1n) is 5.51. The van der Waals surface area contributed by atoms with Crippen LogP contribution in [0.4, 0.5) is 5.82 Å². The highest BCUT2D eigenvalue weighted by molar-refractivity contribution is 5.98. The molecule has 6 heteroatoms. The van der Waals surface area contributed by atoms with Gasteiger partial charge in [0.1, 0.15) is 11.6 Å². The van der Waals surface area contributed by atoms with Crippen molar-refractivity contribution < 1.29 is 4.79 Å². The van der Waals surface area contributed by atoms with E-state index in [1.54, 1.807) is 36.5 Å². The van der Waals surface area contributed by atoms with E-state index in [0.29, 0.717) is 12.1 Å². The van der Waals surface area contributed by atoms with E-state index in [4.69, 9.17) is 5.73 Å². The van der Waals surface area contributed by atoms with Crippen LogP contribution in [0.15, 0.2) is 30.7 Å². The third-order valence-electron chi connectivity index (χ3n) is 2.72. The van der Waals surface area contributed by atoms with Crippen LogP contribution in [0.5, 0.6) is 0 Å². The maximum atomic E-state index is 12.2. The van der Waals surface area contributed by atoms with Gasteiger partial charge in [-0.15, -0.1) is 0 Å². The number of carbonyl (C=O) groups is 1. The van der Waals surface area contributed by atoms with E-state index in [2.05, 4.69) is 9.97 Å². The van der Waals surface area contributed by atoms with Gasteiger partial charge in [-0.25, -0.2) is 9.97 Å². The summed E-state index contributed by atoms with van der Waals surface area (Å²) in [5.74, 6) is 0.895. The van der Waals surface area contributed by atoms with Crippen LogP contribution < -0.4 is 5.73 Å². The molecule has 0 bridgehead atoms. The molecule has 2 N–H and O–H groups in total. The van der Waals surface area contributed by atoms with Gasteiger partial charge >= 0.3 is 0 Å². The Kier molecular flexibility index (Phi) is 3.27. The minimum Gasteiger partial charge on any atom is -0.383 e. The highest BCUT2D eigenvalue weighted by Crippen LogP contribution is 2.11. The van der Waals surface area contributed by atoms with Crippen molar-refractivity contribution in [1.82, 2.24) is 19.4 Å². The van der Waals surface area contributed by atoms with Gasteiger partial charge in [0.2, 0.25) is 0 Å². The quantitative estimate of drug-likeness (QED) is 0.862. The molecule has 2 aromatic rings. The topological polar surface area (TPSA) is 77.0 Å². The third-order valence-corrected chi connectivity index (χ3v) is 2.72. The molecular weight excluding hydrogens is 230 g/mol. The maximum Gasteiger partial charge on any atom is 0.257 e. The largest absolute Gasteiger partial charge is 0.383 e. The summed E-state index contributed by atoms with van der Waals surface area (Å²) in [7, 11) is 3.60. The highest BCUT2D eigenvalue weighted by atomic mass is 16.2. The predicted molar refractivity (Wildman–Crippen MR) is 67.7 cm³/mol. The fourth-order valence-corrected chi connectivity index (χ4v) is 1.64. The molecule has 0 saturated heterocycles. The molecule has 6 nitrogen and oxygen atoms in total. The number of carbonyl (C=O) groups excluding carboxylic acids is 1. The molecule has 0 atom stereocenters. The van der Waals surface area contributed by atoms with E-state index in [0.717, 1.165) is 5.82 Å². The van der Waals surface area contributed by atoms with Gasteiger partial charge < -0.3 is 15.2 Å². The molecule has 0 fully saturated rings. The summed E-state index contributed by atoms with van der Waals surface area (Å²) in [6.07, 6.45) is 5.10. The van der Waals surface area contributed by atoms with Gasteiger partial charge in [0.15, 0.2) is 0 Å². The molecule has 0 unspecified atom stereocenters. The Labute approximate surface area is 105 Å². The molecule has 0 aliphatic heterocycles. The van der Waals surface area contributed by atoms with Gasteiger partial charge in [0.05, 0.1) is 12.1 Å². The van der Waals surface area contributed by atoms with Crippen LogP contribution in [-0.2, 0) is 13.6 Å². The van der Waals surface area contributed by atoms with Crippen LogP contribution in [0.2, 0.25) is 0 Å². The average molecular weight is 245 g/mol. The van der Waals surface area contributed by atoms with Gasteiger partial charge in [-0.2, -0.15) is 0 Å². The lowest BCUT2D eigenvalue weighted by molar-refractivity contribution is 0.0781. The second kappa shape index (κ2) is 4.87. The highest BCUT2D eigenvalue weighted by Gasteiger charge is 2.16. The SMILES string of the molecule is CN(Cc1nccn1C)C(=O)c1cccnc1N. The first kappa shape index (κ1) is 12.1. The Morgan fingerprint density at radius 1 is 1.44 bits per heavy atom. The van der Waals surface area contributed by atoms with Crippen molar-refractivity contribution in [3.63, 3.8) is 0 Å². The van der Waals surface area contributed by atoms with Crippen LogP contribution in [0, 0.1) is 0 Å². The number of nitrogens with zero attached hydrogens (tertiary/aromatic N) is 4. The number of pyridine rings is 1. The number of anilines is 1. The monoisotopic (exact) mass is 245 g/mol. The second-order valence-corrected chi connectivity index (χ2v) is 4.05. The molecule has 0 aliphatic carbocycles. The molecule has 0 aromatic carbocycles. The minimum atomic E-state index is -0.163. The Morgan fingerprint density at radius 2 is 2.22 bits per heavy atom. The number of hydrogen-bond acceptors (Lipinski definition) is 4. The smallest absolute Gasteiger partial charge is 0.257 e. The number of nitrogens with two attached hydrogens (primary N) is 1. The van der Waals surface area contributed by atoms with E-state index in [9.17, 15) is 4.79 Å². The number of amides is 1. The summed E-state index contributed by atoms with van der Waals surface area (Å²) in [5.41, 5.74) is 6.09. The molecule has 0 spiro atoms. The third kappa shape index (κ3) is 2.32. The zero-order valence-electron chi connectivity index (χ0n) is 10.4. The van der Waals surface area contributed by atoms with E-state index in [1.165, 1.54) is 0 Å². The molecule has 2 rings (SSSR count). The molecule has 0 saturated carbocycles. The van der Waals surface area contributed by atoms with Crippen molar-refractivity contribution in [2.24, 2.45) is 7.05 Å². The summed E-state index contributed by atoms with van der Waals surface area (Å²) in [5, 5.41) is 0. The maximum absolute atomic E-state index is 12.2. The number of imidazole rings is 1. The van der Waals surface area contributed by atoms with Gasteiger partial charge in [0.25, 0.3) is 5.91 Å². The molecule has 94 valence electrons. The second-order valence-electron chi connectivity index (χ2n) is 4.05.